The maximum Gasteiger partial charge on any atom is 0.247 e. The van der Waals surface area contributed by atoms with E-state index in [0.29, 0.717) is 40.6 Å². The standard InChI is InChI=1S/C21H22N4O3/c1-5-28-21-19-15(8-11(2)24-21)25-12(3)17(20(23)26)18(19)14-7-6-13(10-22)9-16(14)27-4/h6-9,18,25H,5H2,1-4H3,(H2,23,26). The molecule has 3 rings (SSSR count). The van der Waals surface area contributed by atoms with Crippen LogP contribution in [0.25, 0.3) is 0 Å². The first-order chi connectivity index (χ1) is 13.4. The molecule has 0 saturated carbocycles. The lowest BCUT2D eigenvalue weighted by Gasteiger charge is -2.31. The monoisotopic (exact) mass is 378 g/mol. The Bertz CT molecular complexity index is 1020. The van der Waals surface area contributed by atoms with Crippen molar-refractivity contribution in [1.29, 1.82) is 5.26 Å². The van der Waals surface area contributed by atoms with Gasteiger partial charge in [-0.05, 0) is 39.0 Å². The highest BCUT2D eigenvalue weighted by atomic mass is 16.5. The first-order valence-electron chi connectivity index (χ1n) is 8.91. The first-order valence-corrected chi connectivity index (χ1v) is 8.91. The minimum Gasteiger partial charge on any atom is -0.496 e. The molecule has 1 aromatic heterocycles. The first kappa shape index (κ1) is 19.2. The van der Waals surface area contributed by atoms with E-state index in [4.69, 9.17) is 15.2 Å². The minimum absolute atomic E-state index is 0.405. The number of hydrogen-bond acceptors (Lipinski definition) is 6. The number of primary amides is 1. The zero-order chi connectivity index (χ0) is 20.4. The van der Waals surface area contributed by atoms with Gasteiger partial charge in [0.1, 0.15) is 5.75 Å². The molecule has 3 N–H and O–H groups in total. The molecule has 0 saturated heterocycles. The number of aromatic nitrogens is 1. The summed E-state index contributed by atoms with van der Waals surface area (Å²) in [6, 6.07) is 9.12. The number of methoxy groups -OCH3 is 1. The van der Waals surface area contributed by atoms with Gasteiger partial charge in [-0.3, -0.25) is 4.79 Å². The number of amides is 1. The number of rotatable bonds is 5. The number of fused-ring (bicyclic) bond motifs is 1. The Balaban J connectivity index is 2.35. The lowest BCUT2D eigenvalue weighted by atomic mass is 9.80. The number of nitrogens with zero attached hydrogens (tertiary/aromatic N) is 2. The smallest absolute Gasteiger partial charge is 0.247 e. The number of nitriles is 1. The number of anilines is 1. The van der Waals surface area contributed by atoms with Crippen LogP contribution in [0.3, 0.4) is 0 Å². The molecule has 2 heterocycles. The molecule has 0 fully saturated rings. The van der Waals surface area contributed by atoms with E-state index in [0.717, 1.165) is 16.9 Å². The van der Waals surface area contributed by atoms with Gasteiger partial charge < -0.3 is 20.5 Å². The van der Waals surface area contributed by atoms with E-state index in [-0.39, 0.29) is 0 Å². The highest BCUT2D eigenvalue weighted by Gasteiger charge is 2.36. The topological polar surface area (TPSA) is 110 Å². The predicted octanol–water partition coefficient (Wildman–Crippen LogP) is 2.99. The molecule has 1 unspecified atom stereocenters. The number of benzene rings is 1. The molecule has 1 amide bonds. The molecule has 0 radical (unpaired) electrons. The number of nitrogens with one attached hydrogen (secondary N) is 1. The van der Waals surface area contributed by atoms with E-state index in [1.807, 2.05) is 26.8 Å². The van der Waals surface area contributed by atoms with Crippen LogP contribution in [0.5, 0.6) is 11.6 Å². The maximum atomic E-state index is 12.4. The van der Waals surface area contributed by atoms with Crippen LogP contribution in [0.4, 0.5) is 5.69 Å². The largest absolute Gasteiger partial charge is 0.496 e. The maximum absolute atomic E-state index is 12.4. The van der Waals surface area contributed by atoms with E-state index in [9.17, 15) is 10.1 Å². The molecule has 0 bridgehead atoms. The van der Waals surface area contributed by atoms with Crippen molar-refractivity contribution in [2.45, 2.75) is 26.7 Å². The summed E-state index contributed by atoms with van der Waals surface area (Å²) in [7, 11) is 1.53. The average molecular weight is 378 g/mol. The van der Waals surface area contributed by atoms with Gasteiger partial charge in [-0.15, -0.1) is 0 Å². The summed E-state index contributed by atoms with van der Waals surface area (Å²) in [5.74, 6) is -0.152. The Morgan fingerprint density at radius 3 is 2.71 bits per heavy atom. The van der Waals surface area contributed by atoms with Crippen molar-refractivity contribution in [2.75, 3.05) is 19.0 Å². The van der Waals surface area contributed by atoms with Gasteiger partial charge in [0.2, 0.25) is 11.8 Å². The van der Waals surface area contributed by atoms with E-state index in [1.54, 1.807) is 18.2 Å². The fourth-order valence-corrected chi connectivity index (χ4v) is 3.57. The molecule has 7 nitrogen and oxygen atoms in total. The Morgan fingerprint density at radius 1 is 1.36 bits per heavy atom. The molecule has 1 aliphatic heterocycles. The highest BCUT2D eigenvalue weighted by molar-refractivity contribution is 5.98. The Labute approximate surface area is 163 Å². The average Bonchev–Trinajstić information content (AvgIpc) is 2.66. The summed E-state index contributed by atoms with van der Waals surface area (Å²) in [5, 5.41) is 12.5. The molecule has 1 atom stereocenters. The van der Waals surface area contributed by atoms with E-state index < -0.39 is 11.8 Å². The Hall–Kier alpha value is -3.53. The van der Waals surface area contributed by atoms with Crippen LogP contribution in [-0.4, -0.2) is 24.6 Å². The number of carbonyl (C=O) groups is 1. The van der Waals surface area contributed by atoms with E-state index >= 15 is 0 Å². The van der Waals surface area contributed by atoms with E-state index in [1.165, 1.54) is 7.11 Å². The van der Waals surface area contributed by atoms with Crippen LogP contribution < -0.4 is 20.5 Å². The summed E-state index contributed by atoms with van der Waals surface area (Å²) in [6.07, 6.45) is 0. The summed E-state index contributed by atoms with van der Waals surface area (Å²) >= 11 is 0. The number of carbonyl (C=O) groups excluding carboxylic acids is 1. The Kier molecular flexibility index (Phi) is 5.23. The molecule has 0 aliphatic carbocycles. The lowest BCUT2D eigenvalue weighted by Crippen LogP contribution is -2.28. The van der Waals surface area contributed by atoms with Crippen molar-refractivity contribution in [3.63, 3.8) is 0 Å². The summed E-state index contributed by atoms with van der Waals surface area (Å²) < 4.78 is 11.3. The van der Waals surface area contributed by atoms with Crippen molar-refractivity contribution in [1.82, 2.24) is 4.98 Å². The second-order valence-corrected chi connectivity index (χ2v) is 6.49. The number of hydrogen-bond donors (Lipinski definition) is 2. The van der Waals surface area contributed by atoms with Gasteiger partial charge >= 0.3 is 0 Å². The van der Waals surface area contributed by atoms with Crippen LogP contribution in [-0.2, 0) is 4.79 Å². The predicted molar refractivity (Wildman–Crippen MR) is 105 cm³/mol. The zero-order valence-corrected chi connectivity index (χ0v) is 16.3. The third-order valence-corrected chi connectivity index (χ3v) is 4.68. The third-order valence-electron chi connectivity index (χ3n) is 4.68. The Morgan fingerprint density at radius 2 is 2.11 bits per heavy atom. The second kappa shape index (κ2) is 7.61. The number of allylic oxidation sites excluding steroid dienone is 1. The zero-order valence-electron chi connectivity index (χ0n) is 16.3. The minimum atomic E-state index is -0.546. The third kappa shape index (κ3) is 3.25. The quantitative estimate of drug-likeness (QED) is 0.827. The van der Waals surface area contributed by atoms with Gasteiger partial charge in [-0.2, -0.15) is 5.26 Å². The van der Waals surface area contributed by atoms with Crippen molar-refractivity contribution < 1.29 is 14.3 Å². The number of pyridine rings is 1. The van der Waals surface area contributed by atoms with E-state index in [2.05, 4.69) is 16.4 Å². The SMILES string of the molecule is CCOc1nc(C)cc2c1C(c1ccc(C#N)cc1OC)C(C(N)=O)=C(C)N2. The van der Waals surface area contributed by atoms with Gasteiger partial charge in [0.05, 0.1) is 36.8 Å². The van der Waals surface area contributed by atoms with Crippen LogP contribution in [0.2, 0.25) is 0 Å². The molecule has 2 aromatic rings. The molecular formula is C21H22N4O3. The molecule has 144 valence electrons. The molecular weight excluding hydrogens is 356 g/mol. The van der Waals surface area contributed by atoms with Gasteiger partial charge in [-0.1, -0.05) is 6.07 Å². The van der Waals surface area contributed by atoms with Crippen molar-refractivity contribution in [2.24, 2.45) is 5.73 Å². The van der Waals surface area contributed by atoms with Crippen LogP contribution in [0.15, 0.2) is 35.5 Å². The number of ether oxygens (including phenoxy) is 2. The molecule has 0 spiro atoms. The summed E-state index contributed by atoms with van der Waals surface area (Å²) in [4.78, 5) is 16.9. The highest BCUT2D eigenvalue weighted by Crippen LogP contribution is 2.48. The second-order valence-electron chi connectivity index (χ2n) is 6.49. The summed E-state index contributed by atoms with van der Waals surface area (Å²) in [6.45, 7) is 5.99. The van der Waals surface area contributed by atoms with Gasteiger partial charge in [-0.25, -0.2) is 4.98 Å². The summed E-state index contributed by atoms with van der Waals surface area (Å²) in [5.41, 5.74) is 10.3. The van der Waals surface area contributed by atoms with Crippen LogP contribution >= 0.6 is 0 Å². The number of aryl methyl sites for hydroxylation is 1. The van der Waals surface area contributed by atoms with Gasteiger partial charge in [0.15, 0.2) is 0 Å². The van der Waals surface area contributed by atoms with Crippen molar-refractivity contribution in [3.8, 4) is 17.7 Å². The fraction of sp³-hybridized carbons (Fsp3) is 0.286. The van der Waals surface area contributed by atoms with Crippen molar-refractivity contribution in [3.05, 3.63) is 57.9 Å². The normalized spacial score (nSPS) is 15.3. The van der Waals surface area contributed by atoms with Gasteiger partial charge in [0, 0.05) is 28.2 Å². The number of nitrogens with two attached hydrogens (primary N) is 1. The van der Waals surface area contributed by atoms with Crippen molar-refractivity contribution >= 4 is 11.6 Å². The lowest BCUT2D eigenvalue weighted by molar-refractivity contribution is -0.114. The fourth-order valence-electron chi connectivity index (χ4n) is 3.57. The van der Waals surface area contributed by atoms with Crippen LogP contribution in [0.1, 0.15) is 42.1 Å². The van der Waals surface area contributed by atoms with Crippen LogP contribution in [0, 0.1) is 18.3 Å². The molecule has 1 aromatic carbocycles. The van der Waals surface area contributed by atoms with Gasteiger partial charge in [0.25, 0.3) is 0 Å². The molecule has 7 heteroatoms. The molecule has 28 heavy (non-hydrogen) atoms. The molecule has 1 aliphatic rings.